The molecule has 0 aromatic carbocycles. The first-order chi connectivity index (χ1) is 7.27. The molecule has 0 aliphatic carbocycles. The highest BCUT2D eigenvalue weighted by Crippen LogP contribution is 2.19. The second kappa shape index (κ2) is 4.36. The van der Waals surface area contributed by atoms with Gasteiger partial charge in [-0.1, -0.05) is 11.6 Å². The Kier molecular flexibility index (Phi) is 2.92. The van der Waals surface area contributed by atoms with Crippen LogP contribution >= 0.6 is 11.6 Å². The maximum atomic E-state index is 5.99. The quantitative estimate of drug-likeness (QED) is 0.864. The van der Waals surface area contributed by atoms with Crippen LogP contribution in [0, 0.1) is 0 Å². The average molecular weight is 222 g/mol. The van der Waals surface area contributed by atoms with Gasteiger partial charge in [-0.25, -0.2) is 0 Å². The molecular formula is C11H12ClN3. The van der Waals surface area contributed by atoms with E-state index in [1.54, 1.807) is 18.5 Å². The Morgan fingerprint density at radius 3 is 3.00 bits per heavy atom. The Labute approximate surface area is 93.7 Å². The summed E-state index contributed by atoms with van der Waals surface area (Å²) in [4.78, 5) is 4.01. The normalized spacial score (nSPS) is 10.3. The molecule has 2 rings (SSSR count). The molecule has 0 saturated carbocycles. The predicted octanol–water partition coefficient (Wildman–Crippen LogP) is 2.69. The Morgan fingerprint density at radius 2 is 2.33 bits per heavy atom. The van der Waals surface area contributed by atoms with Gasteiger partial charge in [0.25, 0.3) is 0 Å². The summed E-state index contributed by atoms with van der Waals surface area (Å²) in [5.74, 6) is 0. The summed E-state index contributed by atoms with van der Waals surface area (Å²) in [5, 5.41) is 3.93. The second-order valence-electron chi connectivity index (χ2n) is 3.32. The summed E-state index contributed by atoms with van der Waals surface area (Å²) in [6, 6.07) is 5.86. The SMILES string of the molecule is Cn1cccc1CNc1cnccc1Cl. The van der Waals surface area contributed by atoms with Crippen LogP contribution in [0.5, 0.6) is 0 Å². The van der Waals surface area contributed by atoms with Crippen molar-refractivity contribution in [1.29, 1.82) is 0 Å². The highest BCUT2D eigenvalue weighted by molar-refractivity contribution is 6.33. The van der Waals surface area contributed by atoms with E-state index >= 15 is 0 Å². The Morgan fingerprint density at radius 1 is 1.47 bits per heavy atom. The molecule has 2 aromatic heterocycles. The van der Waals surface area contributed by atoms with Crippen LogP contribution in [0.25, 0.3) is 0 Å². The molecule has 0 aliphatic rings. The van der Waals surface area contributed by atoms with Crippen molar-refractivity contribution in [3.63, 3.8) is 0 Å². The molecular weight excluding hydrogens is 210 g/mol. The predicted molar refractivity (Wildman–Crippen MR) is 62.0 cm³/mol. The van der Waals surface area contributed by atoms with E-state index in [1.165, 1.54) is 5.69 Å². The molecule has 0 radical (unpaired) electrons. The van der Waals surface area contributed by atoms with Crippen molar-refractivity contribution in [3.05, 3.63) is 47.5 Å². The lowest BCUT2D eigenvalue weighted by Crippen LogP contribution is -2.04. The summed E-state index contributed by atoms with van der Waals surface area (Å²) in [6.45, 7) is 0.745. The first-order valence-corrected chi connectivity index (χ1v) is 5.09. The van der Waals surface area contributed by atoms with Crippen molar-refractivity contribution in [2.75, 3.05) is 5.32 Å². The number of nitrogens with one attached hydrogen (secondary N) is 1. The fourth-order valence-corrected chi connectivity index (χ4v) is 1.55. The summed E-state index contributed by atoms with van der Waals surface area (Å²) in [6.07, 6.45) is 5.42. The topological polar surface area (TPSA) is 29.9 Å². The molecule has 0 spiro atoms. The molecule has 2 aromatic rings. The third kappa shape index (κ3) is 2.30. The first-order valence-electron chi connectivity index (χ1n) is 4.71. The standard InChI is InChI=1S/C11H12ClN3/c1-15-6-2-3-9(15)7-14-11-8-13-5-4-10(11)12/h2-6,8,14H,7H2,1H3. The van der Waals surface area contributed by atoms with E-state index in [-0.39, 0.29) is 0 Å². The Hall–Kier alpha value is -1.48. The van der Waals surface area contributed by atoms with Crippen LogP contribution in [0.1, 0.15) is 5.69 Å². The molecule has 0 atom stereocenters. The van der Waals surface area contributed by atoms with Crippen LogP contribution in [0.15, 0.2) is 36.8 Å². The fourth-order valence-electron chi connectivity index (χ4n) is 1.37. The van der Waals surface area contributed by atoms with E-state index in [0.717, 1.165) is 12.2 Å². The minimum atomic E-state index is 0.694. The number of hydrogen-bond acceptors (Lipinski definition) is 2. The van der Waals surface area contributed by atoms with Crippen molar-refractivity contribution in [2.45, 2.75) is 6.54 Å². The van der Waals surface area contributed by atoms with Gasteiger partial charge in [-0.3, -0.25) is 4.98 Å². The zero-order valence-corrected chi connectivity index (χ0v) is 9.20. The second-order valence-corrected chi connectivity index (χ2v) is 3.73. The molecule has 0 aliphatic heterocycles. The van der Waals surface area contributed by atoms with Crippen LogP contribution in [0.4, 0.5) is 5.69 Å². The number of aryl methyl sites for hydroxylation is 1. The number of rotatable bonds is 3. The van der Waals surface area contributed by atoms with E-state index in [2.05, 4.69) is 20.9 Å². The maximum absolute atomic E-state index is 5.99. The minimum Gasteiger partial charge on any atom is -0.377 e. The van der Waals surface area contributed by atoms with Gasteiger partial charge in [0.15, 0.2) is 0 Å². The summed E-state index contributed by atoms with van der Waals surface area (Å²) in [7, 11) is 2.02. The number of aromatic nitrogens is 2. The molecule has 78 valence electrons. The van der Waals surface area contributed by atoms with Gasteiger partial charge >= 0.3 is 0 Å². The molecule has 0 unspecified atom stereocenters. The van der Waals surface area contributed by atoms with Gasteiger partial charge in [0, 0.05) is 25.1 Å². The van der Waals surface area contributed by atoms with Crippen LogP contribution in [-0.4, -0.2) is 9.55 Å². The first kappa shape index (κ1) is 10.1. The minimum absolute atomic E-state index is 0.694. The van der Waals surface area contributed by atoms with Crippen LogP contribution in [0.2, 0.25) is 5.02 Å². The molecule has 3 nitrogen and oxygen atoms in total. The highest BCUT2D eigenvalue weighted by Gasteiger charge is 2.00. The number of anilines is 1. The zero-order valence-electron chi connectivity index (χ0n) is 8.44. The van der Waals surface area contributed by atoms with E-state index in [1.807, 2.05) is 19.3 Å². The van der Waals surface area contributed by atoms with Gasteiger partial charge in [-0.2, -0.15) is 0 Å². The number of nitrogens with zero attached hydrogens (tertiary/aromatic N) is 2. The molecule has 4 heteroatoms. The van der Waals surface area contributed by atoms with Crippen molar-refractivity contribution >= 4 is 17.3 Å². The third-order valence-corrected chi connectivity index (χ3v) is 2.61. The van der Waals surface area contributed by atoms with Gasteiger partial charge in [-0.05, 0) is 18.2 Å². The number of pyridine rings is 1. The van der Waals surface area contributed by atoms with Gasteiger partial charge in [-0.15, -0.1) is 0 Å². The number of halogens is 1. The molecule has 2 heterocycles. The van der Waals surface area contributed by atoms with E-state index < -0.39 is 0 Å². The van der Waals surface area contributed by atoms with Crippen LogP contribution in [0.3, 0.4) is 0 Å². The van der Waals surface area contributed by atoms with Crippen LogP contribution < -0.4 is 5.32 Å². The lowest BCUT2D eigenvalue weighted by atomic mass is 10.3. The number of hydrogen-bond donors (Lipinski definition) is 1. The zero-order chi connectivity index (χ0) is 10.7. The third-order valence-electron chi connectivity index (χ3n) is 2.28. The molecule has 0 fully saturated rings. The largest absolute Gasteiger partial charge is 0.377 e. The van der Waals surface area contributed by atoms with Crippen molar-refractivity contribution in [3.8, 4) is 0 Å². The maximum Gasteiger partial charge on any atom is 0.0719 e. The molecule has 15 heavy (non-hydrogen) atoms. The molecule has 0 amide bonds. The Bertz CT molecular complexity index is 451. The van der Waals surface area contributed by atoms with E-state index in [9.17, 15) is 0 Å². The molecule has 1 N–H and O–H groups in total. The van der Waals surface area contributed by atoms with Crippen molar-refractivity contribution in [2.24, 2.45) is 7.05 Å². The average Bonchev–Trinajstić information content (AvgIpc) is 2.63. The lowest BCUT2D eigenvalue weighted by molar-refractivity contribution is 0.842. The highest BCUT2D eigenvalue weighted by atomic mass is 35.5. The molecule has 0 bridgehead atoms. The monoisotopic (exact) mass is 221 g/mol. The molecule has 0 saturated heterocycles. The van der Waals surface area contributed by atoms with Gasteiger partial charge in [0.1, 0.15) is 0 Å². The smallest absolute Gasteiger partial charge is 0.0719 e. The van der Waals surface area contributed by atoms with Crippen LogP contribution in [-0.2, 0) is 13.6 Å². The lowest BCUT2D eigenvalue weighted by Gasteiger charge is -2.08. The Balaban J connectivity index is 2.06. The van der Waals surface area contributed by atoms with Gasteiger partial charge < -0.3 is 9.88 Å². The van der Waals surface area contributed by atoms with E-state index in [0.29, 0.717) is 5.02 Å². The van der Waals surface area contributed by atoms with Crippen molar-refractivity contribution in [1.82, 2.24) is 9.55 Å². The van der Waals surface area contributed by atoms with E-state index in [4.69, 9.17) is 11.6 Å². The summed E-state index contributed by atoms with van der Waals surface area (Å²) < 4.78 is 2.07. The fraction of sp³-hybridized carbons (Fsp3) is 0.182. The van der Waals surface area contributed by atoms with Gasteiger partial charge in [0.05, 0.1) is 23.5 Å². The summed E-state index contributed by atoms with van der Waals surface area (Å²) in [5.41, 5.74) is 2.07. The van der Waals surface area contributed by atoms with Gasteiger partial charge in [0.2, 0.25) is 0 Å². The summed E-state index contributed by atoms with van der Waals surface area (Å²) >= 11 is 5.99. The van der Waals surface area contributed by atoms with Crippen molar-refractivity contribution < 1.29 is 0 Å².